The molecule has 0 saturated carbocycles. The van der Waals surface area contributed by atoms with Gasteiger partial charge in [0.15, 0.2) is 9.84 Å². The average molecular weight is 321 g/mol. The molecule has 22 heavy (non-hydrogen) atoms. The van der Waals surface area contributed by atoms with Crippen molar-refractivity contribution in [1.82, 2.24) is 4.98 Å². The largest absolute Gasteiger partial charge is 0.358 e. The zero-order valence-electron chi connectivity index (χ0n) is 12.1. The van der Waals surface area contributed by atoms with Gasteiger partial charge in [-0.3, -0.25) is 10.1 Å². The summed E-state index contributed by atoms with van der Waals surface area (Å²) in [6.45, 7) is 1.81. The summed E-state index contributed by atoms with van der Waals surface area (Å²) in [5.74, 6) is 0.173. The maximum absolute atomic E-state index is 11.4. The van der Waals surface area contributed by atoms with Crippen molar-refractivity contribution in [2.75, 3.05) is 11.6 Å². The molecular weight excluding hydrogens is 306 g/mol. The minimum atomic E-state index is -3.24. The van der Waals surface area contributed by atoms with Crippen molar-refractivity contribution in [3.8, 4) is 0 Å². The summed E-state index contributed by atoms with van der Waals surface area (Å²) < 4.78 is 22.8. The fourth-order valence-electron chi connectivity index (χ4n) is 1.95. The molecule has 0 aliphatic rings. The predicted octanol–water partition coefficient (Wildman–Crippen LogP) is 2.57. The lowest BCUT2D eigenvalue weighted by Crippen LogP contribution is -2.10. The van der Waals surface area contributed by atoms with Crippen LogP contribution in [0.3, 0.4) is 0 Å². The molecule has 0 fully saturated rings. The van der Waals surface area contributed by atoms with E-state index in [4.69, 9.17) is 0 Å². The second-order valence-electron chi connectivity index (χ2n) is 4.84. The van der Waals surface area contributed by atoms with Crippen LogP contribution in [0.4, 0.5) is 11.5 Å². The van der Waals surface area contributed by atoms with Crippen molar-refractivity contribution in [3.63, 3.8) is 0 Å². The van der Waals surface area contributed by atoms with Gasteiger partial charge in [-0.2, -0.15) is 0 Å². The van der Waals surface area contributed by atoms with Crippen LogP contribution in [-0.4, -0.2) is 24.6 Å². The Labute approximate surface area is 128 Å². The molecule has 1 aromatic heterocycles. The Balaban J connectivity index is 2.23. The number of nitrogens with one attached hydrogen (secondary N) is 1. The first-order chi connectivity index (χ1) is 10.3. The Bertz CT molecular complexity index is 788. The summed E-state index contributed by atoms with van der Waals surface area (Å²) in [7, 11) is -3.24. The van der Waals surface area contributed by atoms with Gasteiger partial charge in [-0.1, -0.05) is 12.1 Å². The van der Waals surface area contributed by atoms with Crippen LogP contribution in [0.15, 0.2) is 47.5 Å². The number of pyridine rings is 1. The van der Waals surface area contributed by atoms with E-state index in [1.807, 2.05) is 6.92 Å². The van der Waals surface area contributed by atoms with Gasteiger partial charge in [0.1, 0.15) is 0 Å². The van der Waals surface area contributed by atoms with Gasteiger partial charge in [-0.15, -0.1) is 0 Å². The van der Waals surface area contributed by atoms with Crippen molar-refractivity contribution >= 4 is 21.3 Å². The van der Waals surface area contributed by atoms with Crippen LogP contribution in [0.5, 0.6) is 0 Å². The van der Waals surface area contributed by atoms with Crippen LogP contribution in [0.1, 0.15) is 18.5 Å². The molecule has 1 aromatic carbocycles. The molecule has 1 atom stereocenters. The van der Waals surface area contributed by atoms with Gasteiger partial charge < -0.3 is 5.32 Å². The van der Waals surface area contributed by atoms with Crippen LogP contribution in [0, 0.1) is 10.1 Å². The maximum atomic E-state index is 11.4. The Kier molecular flexibility index (Phi) is 4.41. The molecule has 0 radical (unpaired) electrons. The van der Waals surface area contributed by atoms with Gasteiger partial charge in [0, 0.05) is 18.5 Å². The Morgan fingerprint density at radius 3 is 2.41 bits per heavy atom. The molecular formula is C14H15N3O4S. The minimum Gasteiger partial charge on any atom is -0.358 e. The molecule has 0 amide bonds. The van der Waals surface area contributed by atoms with Crippen molar-refractivity contribution in [2.45, 2.75) is 17.9 Å². The molecule has 1 heterocycles. The van der Waals surface area contributed by atoms with Crippen molar-refractivity contribution in [3.05, 3.63) is 58.3 Å². The number of hydrogen-bond acceptors (Lipinski definition) is 6. The SMILES string of the molecule is C[C@@H](Nc1ncccc1[N+](=O)[O-])c1ccc(S(C)(=O)=O)cc1. The van der Waals surface area contributed by atoms with Crippen molar-refractivity contribution in [2.24, 2.45) is 0 Å². The standard InChI is InChI=1S/C14H15N3O4S/c1-10(11-5-7-12(8-6-11)22(2,20)21)16-14-13(17(18)19)4-3-9-15-14/h3-10H,1-2H3,(H,15,16)/t10-/m1/s1. The third-order valence-corrected chi connectivity index (χ3v) is 4.27. The molecule has 0 aliphatic carbocycles. The number of nitro groups is 1. The molecule has 2 aromatic rings. The number of nitrogens with zero attached hydrogens (tertiary/aromatic N) is 2. The fourth-order valence-corrected chi connectivity index (χ4v) is 2.58. The normalized spacial score (nSPS) is 12.6. The average Bonchev–Trinajstić information content (AvgIpc) is 2.46. The lowest BCUT2D eigenvalue weighted by Gasteiger charge is -2.15. The highest BCUT2D eigenvalue weighted by atomic mass is 32.2. The molecule has 7 nitrogen and oxygen atoms in total. The van der Waals surface area contributed by atoms with Gasteiger partial charge in [0.25, 0.3) is 0 Å². The summed E-state index contributed by atoms with van der Waals surface area (Å²) in [4.78, 5) is 14.7. The molecule has 2 rings (SSSR count). The van der Waals surface area contributed by atoms with Crippen molar-refractivity contribution < 1.29 is 13.3 Å². The molecule has 8 heteroatoms. The summed E-state index contributed by atoms with van der Waals surface area (Å²) in [6.07, 6.45) is 2.61. The summed E-state index contributed by atoms with van der Waals surface area (Å²) in [5.41, 5.74) is 0.689. The third kappa shape index (κ3) is 3.59. The van der Waals surface area contributed by atoms with Crippen molar-refractivity contribution in [1.29, 1.82) is 0 Å². The summed E-state index contributed by atoms with van der Waals surface area (Å²) in [5, 5.41) is 13.9. The van der Waals surface area contributed by atoms with Gasteiger partial charge in [0.05, 0.1) is 15.9 Å². The van der Waals surface area contributed by atoms with E-state index in [1.165, 1.54) is 30.5 Å². The second-order valence-corrected chi connectivity index (χ2v) is 6.85. The van der Waals surface area contributed by atoms with E-state index in [1.54, 1.807) is 12.1 Å². The summed E-state index contributed by atoms with van der Waals surface area (Å²) in [6, 6.07) is 8.96. The zero-order chi connectivity index (χ0) is 16.3. The maximum Gasteiger partial charge on any atom is 0.311 e. The number of anilines is 1. The van der Waals surface area contributed by atoms with E-state index < -0.39 is 14.8 Å². The molecule has 1 N–H and O–H groups in total. The van der Waals surface area contributed by atoms with E-state index >= 15 is 0 Å². The van der Waals surface area contributed by atoms with Gasteiger partial charge >= 0.3 is 5.69 Å². The van der Waals surface area contributed by atoms with E-state index in [0.717, 1.165) is 11.8 Å². The quantitative estimate of drug-likeness (QED) is 0.670. The van der Waals surface area contributed by atoms with E-state index in [-0.39, 0.29) is 22.4 Å². The number of benzene rings is 1. The molecule has 116 valence electrons. The number of hydrogen-bond donors (Lipinski definition) is 1. The Hall–Kier alpha value is -2.48. The summed E-state index contributed by atoms with van der Waals surface area (Å²) >= 11 is 0. The van der Waals surface area contributed by atoms with Crippen LogP contribution >= 0.6 is 0 Å². The number of rotatable bonds is 5. The molecule has 0 unspecified atom stereocenters. The zero-order valence-corrected chi connectivity index (χ0v) is 12.9. The Morgan fingerprint density at radius 2 is 1.86 bits per heavy atom. The number of sulfone groups is 1. The molecule has 0 saturated heterocycles. The third-order valence-electron chi connectivity index (χ3n) is 3.14. The minimum absolute atomic E-state index is 0.109. The monoisotopic (exact) mass is 321 g/mol. The molecule has 0 spiro atoms. The highest BCUT2D eigenvalue weighted by Gasteiger charge is 2.17. The van der Waals surface area contributed by atoms with E-state index in [0.29, 0.717) is 0 Å². The van der Waals surface area contributed by atoms with Crippen LogP contribution < -0.4 is 5.32 Å². The number of aromatic nitrogens is 1. The lowest BCUT2D eigenvalue weighted by molar-refractivity contribution is -0.384. The lowest BCUT2D eigenvalue weighted by atomic mass is 10.1. The highest BCUT2D eigenvalue weighted by molar-refractivity contribution is 7.90. The highest BCUT2D eigenvalue weighted by Crippen LogP contribution is 2.25. The molecule has 0 aliphatic heterocycles. The van der Waals surface area contributed by atoms with Gasteiger partial charge in [0.2, 0.25) is 5.82 Å². The topological polar surface area (TPSA) is 102 Å². The first kappa shape index (κ1) is 15.9. The van der Waals surface area contributed by atoms with E-state index in [2.05, 4.69) is 10.3 Å². The van der Waals surface area contributed by atoms with Gasteiger partial charge in [-0.25, -0.2) is 13.4 Å². The van der Waals surface area contributed by atoms with Crippen LogP contribution in [0.25, 0.3) is 0 Å². The fraction of sp³-hybridized carbons (Fsp3) is 0.214. The smallest absolute Gasteiger partial charge is 0.311 e. The first-order valence-corrected chi connectivity index (χ1v) is 8.34. The Morgan fingerprint density at radius 1 is 1.23 bits per heavy atom. The van der Waals surface area contributed by atoms with Crippen LogP contribution in [0.2, 0.25) is 0 Å². The first-order valence-electron chi connectivity index (χ1n) is 6.45. The van der Waals surface area contributed by atoms with Crippen LogP contribution in [-0.2, 0) is 9.84 Å². The molecule has 0 bridgehead atoms. The predicted molar refractivity (Wildman–Crippen MR) is 82.5 cm³/mol. The van der Waals surface area contributed by atoms with Gasteiger partial charge in [-0.05, 0) is 30.7 Å². The van der Waals surface area contributed by atoms with E-state index in [9.17, 15) is 18.5 Å². The second kappa shape index (κ2) is 6.10.